The maximum atomic E-state index is 13.2. The number of hydrogen-bond donors (Lipinski definition) is 1. The number of aromatic nitrogens is 4. The summed E-state index contributed by atoms with van der Waals surface area (Å²) in [5, 5.41) is 5.16. The van der Waals surface area contributed by atoms with E-state index in [0.29, 0.717) is 27.1 Å². The van der Waals surface area contributed by atoms with Gasteiger partial charge in [-0.3, -0.25) is 23.9 Å². The van der Waals surface area contributed by atoms with Gasteiger partial charge in [0.15, 0.2) is 22.7 Å². The average Bonchev–Trinajstić information content (AvgIpc) is 3.31. The van der Waals surface area contributed by atoms with Crippen molar-refractivity contribution in [2.24, 2.45) is 19.2 Å². The molecular weight excluding hydrogens is 635 g/mol. The maximum absolute atomic E-state index is 13.2. The molecule has 2 heterocycles. The number of benzene rings is 3. The molecule has 0 aliphatic carbocycles. The number of fused-ring (bicyclic) bond motifs is 1. The topological polar surface area (TPSA) is 105 Å². The normalized spacial score (nSPS) is 11.4. The first-order valence-electron chi connectivity index (χ1n) is 12.2. The highest BCUT2D eigenvalue weighted by Gasteiger charge is 2.22. The Morgan fingerprint density at radius 3 is 2.46 bits per heavy atom. The number of ether oxygens (including phenoxy) is 2. The van der Waals surface area contributed by atoms with E-state index in [1.807, 2.05) is 24.3 Å². The Bertz CT molecular complexity index is 1910. The number of methoxy groups -OCH3 is 1. The van der Waals surface area contributed by atoms with Crippen LogP contribution in [0, 0.1) is 0 Å². The molecular formula is C28H23BrCl2N6O4. The van der Waals surface area contributed by atoms with Crippen LogP contribution in [0.1, 0.15) is 11.1 Å². The summed E-state index contributed by atoms with van der Waals surface area (Å²) in [5.41, 5.74) is 4.53. The highest BCUT2D eigenvalue weighted by Crippen LogP contribution is 2.34. The zero-order chi connectivity index (χ0) is 29.3. The molecule has 0 radical (unpaired) electrons. The van der Waals surface area contributed by atoms with E-state index in [4.69, 9.17) is 32.7 Å². The van der Waals surface area contributed by atoms with Crippen molar-refractivity contribution in [2.75, 3.05) is 12.5 Å². The van der Waals surface area contributed by atoms with Crippen molar-refractivity contribution >= 4 is 62.2 Å². The minimum atomic E-state index is -0.521. The predicted molar refractivity (Wildman–Crippen MR) is 164 cm³/mol. The third kappa shape index (κ3) is 5.88. The average molecular weight is 658 g/mol. The van der Waals surface area contributed by atoms with Crippen molar-refractivity contribution in [3.05, 3.63) is 107 Å². The van der Waals surface area contributed by atoms with Gasteiger partial charge in [0.1, 0.15) is 0 Å². The molecule has 0 bridgehead atoms. The van der Waals surface area contributed by atoms with Crippen molar-refractivity contribution in [2.45, 2.75) is 6.54 Å². The molecule has 2 aromatic heterocycles. The number of imidazole rings is 1. The second kappa shape index (κ2) is 11.8. The molecule has 41 heavy (non-hydrogen) atoms. The first-order valence-corrected chi connectivity index (χ1v) is 13.7. The van der Waals surface area contributed by atoms with Crippen LogP contribution < -0.4 is 26.1 Å². The fourth-order valence-corrected chi connectivity index (χ4v) is 4.86. The van der Waals surface area contributed by atoms with Crippen LogP contribution in [0.15, 0.2) is 79.8 Å². The Morgan fingerprint density at radius 1 is 1.00 bits per heavy atom. The number of aryl methyl sites for hydroxylation is 1. The van der Waals surface area contributed by atoms with Gasteiger partial charge in [0, 0.05) is 28.6 Å². The van der Waals surface area contributed by atoms with E-state index in [9.17, 15) is 9.59 Å². The molecule has 5 aromatic rings. The summed E-state index contributed by atoms with van der Waals surface area (Å²) in [6, 6.07) is 18.0. The van der Waals surface area contributed by atoms with Crippen molar-refractivity contribution in [3.8, 4) is 17.5 Å². The van der Waals surface area contributed by atoms with Crippen LogP contribution in [-0.4, -0.2) is 32.0 Å². The van der Waals surface area contributed by atoms with Crippen molar-refractivity contribution in [1.29, 1.82) is 0 Å². The van der Waals surface area contributed by atoms with E-state index >= 15 is 0 Å². The van der Waals surface area contributed by atoms with Crippen LogP contribution in [0.2, 0.25) is 10.0 Å². The highest BCUT2D eigenvalue weighted by atomic mass is 79.9. The number of nitrogens with zero attached hydrogens (tertiary/aromatic N) is 5. The van der Waals surface area contributed by atoms with Crippen molar-refractivity contribution < 1.29 is 9.47 Å². The molecule has 13 heteroatoms. The number of halogens is 3. The monoisotopic (exact) mass is 656 g/mol. The zero-order valence-corrected chi connectivity index (χ0v) is 25.2. The quantitative estimate of drug-likeness (QED) is 0.167. The molecule has 5 rings (SSSR count). The minimum Gasteiger partial charge on any atom is -0.493 e. The number of rotatable bonds is 8. The fraction of sp³-hybridized carbons (Fsp3) is 0.143. The van der Waals surface area contributed by atoms with E-state index in [0.717, 1.165) is 20.3 Å². The summed E-state index contributed by atoms with van der Waals surface area (Å²) in [4.78, 5) is 30.4. The molecule has 0 fully saturated rings. The van der Waals surface area contributed by atoms with E-state index < -0.39 is 11.2 Å². The number of hydrazone groups is 1. The molecule has 0 spiro atoms. The SMILES string of the molecule is COc1cc(C=NNc2ccc(Br)cc2)ccc1Oc1nc2c(c(=O)n(C)c(=O)n2C)n1Cc1ccc(Cl)cc1Cl. The van der Waals surface area contributed by atoms with Gasteiger partial charge in [-0.05, 0) is 65.7 Å². The van der Waals surface area contributed by atoms with Crippen LogP contribution >= 0.6 is 39.1 Å². The van der Waals surface area contributed by atoms with Gasteiger partial charge >= 0.3 is 11.7 Å². The number of anilines is 1. The summed E-state index contributed by atoms with van der Waals surface area (Å²) < 4.78 is 16.6. The smallest absolute Gasteiger partial charge is 0.332 e. The van der Waals surface area contributed by atoms with Crippen LogP contribution in [0.5, 0.6) is 17.5 Å². The van der Waals surface area contributed by atoms with Gasteiger partial charge in [-0.1, -0.05) is 45.2 Å². The minimum absolute atomic E-state index is 0.0703. The number of hydrogen-bond acceptors (Lipinski definition) is 7. The lowest BCUT2D eigenvalue weighted by atomic mass is 10.2. The van der Waals surface area contributed by atoms with Gasteiger partial charge in [0.25, 0.3) is 5.56 Å². The fourth-order valence-electron chi connectivity index (χ4n) is 4.12. The van der Waals surface area contributed by atoms with Crippen molar-refractivity contribution in [1.82, 2.24) is 18.7 Å². The summed E-state index contributed by atoms with van der Waals surface area (Å²) in [7, 11) is 4.46. The van der Waals surface area contributed by atoms with Crippen LogP contribution in [0.4, 0.5) is 5.69 Å². The van der Waals surface area contributed by atoms with Crippen molar-refractivity contribution in [3.63, 3.8) is 0 Å². The first kappa shape index (κ1) is 28.5. The molecule has 0 amide bonds. The molecule has 1 N–H and O–H groups in total. The Morgan fingerprint density at radius 2 is 1.76 bits per heavy atom. The molecule has 0 aliphatic rings. The standard InChI is InChI=1S/C28H23BrCl2N6O4/c1-35-25-24(26(38)36(2)28(35)39)37(15-17-5-8-19(30)13-21(17)31)27(33-25)41-22-11-4-16(12-23(22)40-3)14-32-34-20-9-6-18(29)7-10-20/h4-14,34H,15H2,1-3H3. The van der Waals surface area contributed by atoms with Crippen LogP contribution in [0.25, 0.3) is 11.2 Å². The molecule has 10 nitrogen and oxygen atoms in total. The summed E-state index contributed by atoms with van der Waals surface area (Å²) in [5.74, 6) is 0.744. The zero-order valence-electron chi connectivity index (χ0n) is 22.1. The van der Waals surface area contributed by atoms with Gasteiger partial charge in [0.05, 0.1) is 25.6 Å². The van der Waals surface area contributed by atoms with E-state index in [1.165, 1.54) is 25.8 Å². The Kier molecular flexibility index (Phi) is 8.20. The molecule has 210 valence electrons. The Labute approximate surface area is 252 Å². The maximum Gasteiger partial charge on any atom is 0.332 e. The van der Waals surface area contributed by atoms with Gasteiger partial charge in [-0.2, -0.15) is 10.1 Å². The molecule has 0 atom stereocenters. The molecule has 3 aromatic carbocycles. The summed E-state index contributed by atoms with van der Waals surface area (Å²) >= 11 is 15.9. The van der Waals surface area contributed by atoms with E-state index in [1.54, 1.807) is 47.2 Å². The third-order valence-electron chi connectivity index (χ3n) is 6.30. The third-order valence-corrected chi connectivity index (χ3v) is 7.41. The largest absolute Gasteiger partial charge is 0.493 e. The van der Waals surface area contributed by atoms with E-state index in [2.05, 4.69) is 31.4 Å². The van der Waals surface area contributed by atoms with Gasteiger partial charge in [-0.25, -0.2) is 4.79 Å². The number of nitrogens with one attached hydrogen (secondary N) is 1. The highest BCUT2D eigenvalue weighted by molar-refractivity contribution is 9.10. The molecule has 0 saturated heterocycles. The van der Waals surface area contributed by atoms with Gasteiger partial charge in [-0.15, -0.1) is 0 Å². The lowest BCUT2D eigenvalue weighted by molar-refractivity contribution is 0.361. The Balaban J connectivity index is 1.53. The van der Waals surface area contributed by atoms with Gasteiger partial charge in [0.2, 0.25) is 0 Å². The van der Waals surface area contributed by atoms with Gasteiger partial charge < -0.3 is 9.47 Å². The second-order valence-electron chi connectivity index (χ2n) is 8.98. The lowest BCUT2D eigenvalue weighted by Gasteiger charge is -2.13. The first-order chi connectivity index (χ1) is 19.7. The second-order valence-corrected chi connectivity index (χ2v) is 10.7. The predicted octanol–water partition coefficient (Wildman–Crippen LogP) is 5.80. The lowest BCUT2D eigenvalue weighted by Crippen LogP contribution is -2.37. The molecule has 0 saturated carbocycles. The van der Waals surface area contributed by atoms with Crippen LogP contribution in [-0.2, 0) is 20.6 Å². The molecule has 0 unspecified atom stereocenters. The molecule has 0 aliphatic heterocycles. The van der Waals surface area contributed by atoms with E-state index in [-0.39, 0.29) is 23.7 Å². The summed E-state index contributed by atoms with van der Waals surface area (Å²) in [6.07, 6.45) is 1.64. The summed E-state index contributed by atoms with van der Waals surface area (Å²) in [6.45, 7) is 0.129. The Hall–Kier alpha value is -4.06. The van der Waals surface area contributed by atoms with Crippen LogP contribution in [0.3, 0.4) is 0 Å².